The molecule has 0 bridgehead atoms. The highest BCUT2D eigenvalue weighted by Crippen LogP contribution is 2.25. The van der Waals surface area contributed by atoms with Gasteiger partial charge in [-0.2, -0.15) is 0 Å². The lowest BCUT2D eigenvalue weighted by Crippen LogP contribution is -2.51. The third-order valence-electron chi connectivity index (χ3n) is 5.28. The predicted molar refractivity (Wildman–Crippen MR) is 143 cm³/mol. The lowest BCUT2D eigenvalue weighted by atomic mass is 9.86. The standard InChI is InChI=1S/C26H30N2O2.2C2H6/c1-19-15-16-24(27-18-19)30-26(3,4)25(29)28-20(2)23(22-13-9-6-10-14-22)17-21-11-7-5-8-12-21;2*1-2/h5-16,18,20,23H,17H2,1-4H3,(H,28,29);2*1-2H3. The van der Waals surface area contributed by atoms with Crippen molar-refractivity contribution in [2.45, 2.75) is 79.4 Å². The van der Waals surface area contributed by atoms with Gasteiger partial charge in [-0.3, -0.25) is 4.79 Å². The monoisotopic (exact) mass is 462 g/mol. The minimum Gasteiger partial charge on any atom is -0.462 e. The first-order valence-corrected chi connectivity index (χ1v) is 12.4. The molecular weight excluding hydrogens is 420 g/mol. The van der Waals surface area contributed by atoms with Gasteiger partial charge < -0.3 is 10.1 Å². The number of amides is 1. The summed E-state index contributed by atoms with van der Waals surface area (Å²) in [4.78, 5) is 17.3. The van der Waals surface area contributed by atoms with Crippen molar-refractivity contribution in [1.82, 2.24) is 10.3 Å². The van der Waals surface area contributed by atoms with Gasteiger partial charge in [0.2, 0.25) is 5.88 Å². The summed E-state index contributed by atoms with van der Waals surface area (Å²) in [5.74, 6) is 0.425. The summed E-state index contributed by atoms with van der Waals surface area (Å²) >= 11 is 0. The van der Waals surface area contributed by atoms with Gasteiger partial charge in [0, 0.05) is 24.2 Å². The minimum absolute atomic E-state index is 0.0750. The van der Waals surface area contributed by atoms with E-state index in [0.717, 1.165) is 12.0 Å². The van der Waals surface area contributed by atoms with Gasteiger partial charge in [-0.1, -0.05) is 94.4 Å². The average Bonchev–Trinajstić information content (AvgIpc) is 2.87. The molecule has 0 aliphatic heterocycles. The van der Waals surface area contributed by atoms with Crippen LogP contribution in [0.4, 0.5) is 0 Å². The maximum Gasteiger partial charge on any atom is 0.263 e. The highest BCUT2D eigenvalue weighted by molar-refractivity contribution is 5.85. The van der Waals surface area contributed by atoms with E-state index in [9.17, 15) is 4.79 Å². The number of aryl methyl sites for hydroxylation is 1. The number of nitrogens with one attached hydrogen (secondary N) is 1. The minimum atomic E-state index is -1.04. The second-order valence-electron chi connectivity index (χ2n) is 8.26. The van der Waals surface area contributed by atoms with E-state index < -0.39 is 5.60 Å². The fraction of sp³-hybridized carbons (Fsp3) is 0.400. The molecule has 184 valence electrons. The summed E-state index contributed by atoms with van der Waals surface area (Å²) in [5.41, 5.74) is 2.45. The van der Waals surface area contributed by atoms with Crippen molar-refractivity contribution in [2.24, 2.45) is 0 Å². The molecule has 0 fully saturated rings. The van der Waals surface area contributed by atoms with Crippen molar-refractivity contribution < 1.29 is 9.53 Å². The average molecular weight is 463 g/mol. The Hall–Kier alpha value is -3.14. The summed E-state index contributed by atoms with van der Waals surface area (Å²) < 4.78 is 5.90. The Morgan fingerprint density at radius 2 is 1.47 bits per heavy atom. The Morgan fingerprint density at radius 3 is 2.00 bits per heavy atom. The molecule has 0 aliphatic rings. The smallest absolute Gasteiger partial charge is 0.263 e. The zero-order chi connectivity index (χ0) is 25.6. The first-order valence-electron chi connectivity index (χ1n) is 12.4. The summed E-state index contributed by atoms with van der Waals surface area (Å²) in [6, 6.07) is 24.3. The van der Waals surface area contributed by atoms with Crippen molar-refractivity contribution in [2.75, 3.05) is 0 Å². The molecule has 0 saturated carbocycles. The molecule has 4 nitrogen and oxygen atoms in total. The Kier molecular flexibility index (Phi) is 12.7. The Morgan fingerprint density at radius 1 is 0.912 bits per heavy atom. The Labute approximate surface area is 206 Å². The normalized spacial score (nSPS) is 12.1. The molecule has 1 N–H and O–H groups in total. The molecule has 2 aromatic carbocycles. The third-order valence-corrected chi connectivity index (χ3v) is 5.28. The summed E-state index contributed by atoms with van der Waals surface area (Å²) in [5, 5.41) is 3.18. The first-order chi connectivity index (χ1) is 16.3. The highest BCUT2D eigenvalue weighted by atomic mass is 16.5. The third kappa shape index (κ3) is 9.01. The highest BCUT2D eigenvalue weighted by Gasteiger charge is 2.33. The van der Waals surface area contributed by atoms with Crippen molar-refractivity contribution in [3.63, 3.8) is 0 Å². The molecule has 1 heterocycles. The van der Waals surface area contributed by atoms with Gasteiger partial charge in [-0.05, 0) is 50.8 Å². The topological polar surface area (TPSA) is 51.2 Å². The Bertz CT molecular complexity index is 939. The number of hydrogen-bond acceptors (Lipinski definition) is 3. The van der Waals surface area contributed by atoms with Crippen LogP contribution in [0.1, 0.15) is 71.1 Å². The van der Waals surface area contributed by atoms with Gasteiger partial charge in [0.1, 0.15) is 0 Å². The van der Waals surface area contributed by atoms with Crippen LogP contribution in [0.5, 0.6) is 5.88 Å². The number of benzene rings is 2. The molecule has 0 aliphatic carbocycles. The van der Waals surface area contributed by atoms with E-state index in [1.165, 1.54) is 11.1 Å². The van der Waals surface area contributed by atoms with Crippen molar-refractivity contribution in [3.05, 3.63) is 95.7 Å². The molecule has 3 rings (SSSR count). The van der Waals surface area contributed by atoms with E-state index in [1.54, 1.807) is 26.1 Å². The molecule has 1 amide bonds. The largest absolute Gasteiger partial charge is 0.462 e. The number of rotatable bonds is 8. The molecule has 0 spiro atoms. The van der Waals surface area contributed by atoms with Crippen LogP contribution in [-0.2, 0) is 11.2 Å². The van der Waals surface area contributed by atoms with Crippen molar-refractivity contribution in [3.8, 4) is 5.88 Å². The maximum atomic E-state index is 13.1. The van der Waals surface area contributed by atoms with Crippen LogP contribution < -0.4 is 10.1 Å². The molecule has 2 atom stereocenters. The summed E-state index contributed by atoms with van der Waals surface area (Å²) in [6.45, 7) is 15.6. The van der Waals surface area contributed by atoms with Gasteiger partial charge in [0.05, 0.1) is 0 Å². The molecule has 4 heteroatoms. The molecular formula is C30H42N2O2. The van der Waals surface area contributed by atoms with Gasteiger partial charge in [-0.25, -0.2) is 4.98 Å². The second kappa shape index (κ2) is 14.9. The predicted octanol–water partition coefficient (Wildman–Crippen LogP) is 7.13. The lowest BCUT2D eigenvalue weighted by molar-refractivity contribution is -0.135. The fourth-order valence-corrected chi connectivity index (χ4v) is 3.46. The van der Waals surface area contributed by atoms with E-state index in [0.29, 0.717) is 5.88 Å². The van der Waals surface area contributed by atoms with Gasteiger partial charge in [-0.15, -0.1) is 0 Å². The van der Waals surface area contributed by atoms with Crippen LogP contribution in [0.25, 0.3) is 0 Å². The number of carbonyl (C=O) groups excluding carboxylic acids is 1. The van der Waals surface area contributed by atoms with Gasteiger partial charge in [0.25, 0.3) is 5.91 Å². The van der Waals surface area contributed by atoms with E-state index in [2.05, 4.69) is 41.5 Å². The van der Waals surface area contributed by atoms with Crippen LogP contribution in [0.2, 0.25) is 0 Å². The first kappa shape index (κ1) is 28.9. The number of pyridine rings is 1. The fourth-order valence-electron chi connectivity index (χ4n) is 3.46. The molecule has 1 aromatic heterocycles. The SMILES string of the molecule is CC.CC.Cc1ccc(OC(C)(C)C(=O)NC(C)C(Cc2ccccc2)c2ccccc2)nc1. The van der Waals surface area contributed by atoms with Crippen LogP contribution in [0.15, 0.2) is 79.0 Å². The van der Waals surface area contributed by atoms with Crippen LogP contribution in [-0.4, -0.2) is 22.5 Å². The number of aromatic nitrogens is 1. The maximum absolute atomic E-state index is 13.1. The summed E-state index contributed by atoms with van der Waals surface area (Å²) in [6.07, 6.45) is 2.57. The molecule has 34 heavy (non-hydrogen) atoms. The van der Waals surface area contributed by atoms with Gasteiger partial charge in [0.15, 0.2) is 5.60 Å². The lowest BCUT2D eigenvalue weighted by Gasteiger charge is -2.30. The summed E-state index contributed by atoms with van der Waals surface area (Å²) in [7, 11) is 0. The van der Waals surface area contributed by atoms with E-state index in [-0.39, 0.29) is 17.9 Å². The van der Waals surface area contributed by atoms with E-state index in [4.69, 9.17) is 4.74 Å². The van der Waals surface area contributed by atoms with Crippen molar-refractivity contribution >= 4 is 5.91 Å². The molecule has 0 saturated heterocycles. The second-order valence-corrected chi connectivity index (χ2v) is 8.26. The molecule has 0 radical (unpaired) electrons. The van der Waals surface area contributed by atoms with Gasteiger partial charge >= 0.3 is 0 Å². The molecule has 2 unspecified atom stereocenters. The Balaban J connectivity index is 0.00000137. The van der Waals surface area contributed by atoms with Crippen LogP contribution >= 0.6 is 0 Å². The number of carbonyl (C=O) groups is 1. The zero-order valence-corrected chi connectivity index (χ0v) is 22.1. The van der Waals surface area contributed by atoms with Crippen molar-refractivity contribution in [1.29, 1.82) is 0 Å². The van der Waals surface area contributed by atoms with Crippen LogP contribution in [0.3, 0.4) is 0 Å². The van der Waals surface area contributed by atoms with E-state index >= 15 is 0 Å². The zero-order valence-electron chi connectivity index (χ0n) is 22.1. The number of nitrogens with zero attached hydrogens (tertiary/aromatic N) is 1. The number of ether oxygens (including phenoxy) is 1. The van der Waals surface area contributed by atoms with Crippen LogP contribution in [0, 0.1) is 6.92 Å². The number of hydrogen-bond donors (Lipinski definition) is 1. The molecule has 3 aromatic rings. The van der Waals surface area contributed by atoms with E-state index in [1.807, 2.05) is 77.1 Å². The quantitative estimate of drug-likeness (QED) is 0.387.